The van der Waals surface area contributed by atoms with Gasteiger partial charge < -0.3 is 24.3 Å². The Morgan fingerprint density at radius 2 is 1.51 bits per heavy atom. The molecule has 0 aromatic carbocycles. The van der Waals surface area contributed by atoms with E-state index < -0.39 is 24.3 Å². The molecule has 2 saturated heterocycles. The summed E-state index contributed by atoms with van der Waals surface area (Å²) in [6.07, 6.45) is -8.31. The average molecular weight is 598 g/mol. The van der Waals surface area contributed by atoms with Crippen LogP contribution in [0.3, 0.4) is 0 Å². The summed E-state index contributed by atoms with van der Waals surface area (Å²) in [6.45, 7) is 8.05. The van der Waals surface area contributed by atoms with Crippen LogP contribution in [0.2, 0.25) is 0 Å². The molecule has 0 atom stereocenters. The maximum absolute atomic E-state index is 12.4. The SMILES string of the molecule is Cc1cccc(CN2CC3(CCN(Cc4ccc(C)o4)CC3)OCC2=O)n1.O=C(O)C(F)(F)F.O=C(O)C(F)(F)F. The Morgan fingerprint density at radius 1 is 0.951 bits per heavy atom. The Bertz CT molecular complexity index is 1170. The van der Waals surface area contributed by atoms with Gasteiger partial charge in [0.15, 0.2) is 0 Å². The van der Waals surface area contributed by atoms with Crippen LogP contribution in [0.15, 0.2) is 34.7 Å². The van der Waals surface area contributed by atoms with Crippen LogP contribution in [0.1, 0.15) is 35.7 Å². The summed E-state index contributed by atoms with van der Waals surface area (Å²) in [5.41, 5.74) is 1.68. The highest BCUT2D eigenvalue weighted by Crippen LogP contribution is 2.31. The topological polar surface area (TPSA) is 133 Å². The van der Waals surface area contributed by atoms with E-state index in [9.17, 15) is 31.1 Å². The third-order valence-corrected chi connectivity index (χ3v) is 6.06. The number of halogens is 6. The van der Waals surface area contributed by atoms with Crippen molar-refractivity contribution in [2.75, 3.05) is 26.2 Å². The largest absolute Gasteiger partial charge is 0.490 e. The number of nitrogens with zero attached hydrogens (tertiary/aromatic N) is 3. The van der Waals surface area contributed by atoms with Crippen LogP contribution in [-0.4, -0.2) is 87.0 Å². The molecule has 0 aliphatic carbocycles. The molecular formula is C25H29F6N3O7. The minimum absolute atomic E-state index is 0.0532. The Labute approximate surface area is 230 Å². The molecule has 228 valence electrons. The molecule has 41 heavy (non-hydrogen) atoms. The summed E-state index contributed by atoms with van der Waals surface area (Å²) in [7, 11) is 0. The second kappa shape index (κ2) is 13.8. The number of likely N-dealkylation sites (tertiary alicyclic amines) is 1. The number of carboxylic acids is 2. The van der Waals surface area contributed by atoms with Crippen LogP contribution < -0.4 is 0 Å². The van der Waals surface area contributed by atoms with E-state index in [0.717, 1.165) is 55.4 Å². The maximum atomic E-state index is 12.4. The van der Waals surface area contributed by atoms with Crippen molar-refractivity contribution in [3.05, 3.63) is 53.2 Å². The third-order valence-electron chi connectivity index (χ3n) is 6.06. The van der Waals surface area contributed by atoms with E-state index in [1.54, 1.807) is 0 Å². The van der Waals surface area contributed by atoms with Gasteiger partial charge in [-0.2, -0.15) is 26.3 Å². The Hall–Kier alpha value is -3.66. The van der Waals surface area contributed by atoms with E-state index in [1.165, 1.54) is 0 Å². The first-order valence-electron chi connectivity index (χ1n) is 12.1. The molecule has 1 spiro atoms. The van der Waals surface area contributed by atoms with E-state index in [2.05, 4.69) is 9.88 Å². The zero-order valence-corrected chi connectivity index (χ0v) is 22.1. The number of hydrogen-bond acceptors (Lipinski definition) is 7. The second-order valence-electron chi connectivity index (χ2n) is 9.39. The van der Waals surface area contributed by atoms with Crippen LogP contribution in [0.4, 0.5) is 26.3 Å². The fourth-order valence-corrected chi connectivity index (χ4v) is 4.03. The number of aryl methyl sites for hydroxylation is 2. The van der Waals surface area contributed by atoms with Gasteiger partial charge in [0.2, 0.25) is 5.91 Å². The zero-order chi connectivity index (χ0) is 31.0. The number of carbonyl (C=O) groups excluding carboxylic acids is 1. The number of ether oxygens (including phenoxy) is 1. The normalized spacial score (nSPS) is 17.3. The molecule has 0 radical (unpaired) electrons. The quantitative estimate of drug-likeness (QED) is 0.503. The van der Waals surface area contributed by atoms with E-state index in [4.69, 9.17) is 29.0 Å². The summed E-state index contributed by atoms with van der Waals surface area (Å²) in [5, 5.41) is 14.2. The Morgan fingerprint density at radius 3 is 1.98 bits per heavy atom. The first kappa shape index (κ1) is 33.5. The van der Waals surface area contributed by atoms with Crippen LogP contribution in [-0.2, 0) is 32.2 Å². The first-order chi connectivity index (χ1) is 18.9. The van der Waals surface area contributed by atoms with Crippen LogP contribution >= 0.6 is 0 Å². The van der Waals surface area contributed by atoms with E-state index in [1.807, 2.05) is 49.1 Å². The average Bonchev–Trinajstić information content (AvgIpc) is 3.27. The highest BCUT2D eigenvalue weighted by atomic mass is 19.4. The molecule has 0 bridgehead atoms. The van der Waals surface area contributed by atoms with Gasteiger partial charge in [-0.25, -0.2) is 9.59 Å². The van der Waals surface area contributed by atoms with E-state index in [0.29, 0.717) is 13.1 Å². The van der Waals surface area contributed by atoms with Gasteiger partial charge in [0, 0.05) is 18.8 Å². The molecule has 2 aliphatic rings. The summed E-state index contributed by atoms with van der Waals surface area (Å²) < 4.78 is 75.2. The van der Waals surface area contributed by atoms with Crippen molar-refractivity contribution in [3.8, 4) is 0 Å². The molecule has 1 amide bonds. The van der Waals surface area contributed by atoms with Gasteiger partial charge >= 0.3 is 24.3 Å². The van der Waals surface area contributed by atoms with Crippen molar-refractivity contribution in [1.29, 1.82) is 0 Å². The predicted molar refractivity (Wildman–Crippen MR) is 128 cm³/mol. The summed E-state index contributed by atoms with van der Waals surface area (Å²) in [6, 6.07) is 10.0. The van der Waals surface area contributed by atoms with Crippen LogP contribution in [0.5, 0.6) is 0 Å². The number of morpholine rings is 1. The first-order valence-corrected chi connectivity index (χ1v) is 12.1. The number of amides is 1. The molecule has 2 aromatic heterocycles. The van der Waals surface area contributed by atoms with Gasteiger partial charge in [0.1, 0.15) is 18.1 Å². The van der Waals surface area contributed by atoms with Crippen LogP contribution in [0.25, 0.3) is 0 Å². The lowest BCUT2D eigenvalue weighted by atomic mass is 9.89. The number of alkyl halides is 6. The van der Waals surface area contributed by atoms with Crippen molar-refractivity contribution in [1.82, 2.24) is 14.8 Å². The number of piperidine rings is 1. The molecule has 2 aliphatic heterocycles. The smallest absolute Gasteiger partial charge is 0.475 e. The molecule has 0 saturated carbocycles. The lowest BCUT2D eigenvalue weighted by Crippen LogP contribution is -2.58. The van der Waals surface area contributed by atoms with E-state index >= 15 is 0 Å². The molecule has 10 nitrogen and oxygen atoms in total. The number of carboxylic acid groups (broad SMARTS) is 2. The Kier molecular flexibility index (Phi) is 11.3. The monoisotopic (exact) mass is 597 g/mol. The number of carbonyl (C=O) groups is 3. The van der Waals surface area contributed by atoms with Crippen molar-refractivity contribution < 1.29 is 60.1 Å². The fraction of sp³-hybridized carbons (Fsp3) is 0.520. The van der Waals surface area contributed by atoms with Crippen molar-refractivity contribution in [2.24, 2.45) is 0 Å². The third kappa shape index (κ3) is 11.0. The van der Waals surface area contributed by atoms with Crippen LogP contribution in [0, 0.1) is 13.8 Å². The number of aliphatic carboxylic acids is 2. The molecule has 16 heteroatoms. The zero-order valence-electron chi connectivity index (χ0n) is 22.1. The minimum Gasteiger partial charge on any atom is -0.475 e. The summed E-state index contributed by atoms with van der Waals surface area (Å²) in [4.78, 5) is 39.0. The number of aromatic nitrogens is 1. The molecule has 4 heterocycles. The predicted octanol–water partition coefficient (Wildman–Crippen LogP) is 3.95. The minimum atomic E-state index is -5.08. The molecular weight excluding hydrogens is 568 g/mol. The summed E-state index contributed by atoms with van der Waals surface area (Å²) >= 11 is 0. The lowest BCUT2D eigenvalue weighted by Gasteiger charge is -2.46. The number of pyridine rings is 1. The molecule has 2 fully saturated rings. The van der Waals surface area contributed by atoms with Gasteiger partial charge in [0.05, 0.1) is 30.9 Å². The molecule has 2 aromatic rings. The van der Waals surface area contributed by atoms with Gasteiger partial charge in [-0.05, 0) is 51.0 Å². The van der Waals surface area contributed by atoms with Gasteiger partial charge in [-0.3, -0.25) is 14.7 Å². The fourth-order valence-electron chi connectivity index (χ4n) is 4.03. The molecule has 0 unspecified atom stereocenters. The van der Waals surface area contributed by atoms with Crippen molar-refractivity contribution in [2.45, 2.75) is 57.7 Å². The van der Waals surface area contributed by atoms with Gasteiger partial charge in [0.25, 0.3) is 0 Å². The molecule has 2 N–H and O–H groups in total. The summed E-state index contributed by atoms with van der Waals surface area (Å²) in [5.74, 6) is -3.50. The maximum Gasteiger partial charge on any atom is 0.490 e. The van der Waals surface area contributed by atoms with E-state index in [-0.39, 0.29) is 18.1 Å². The standard InChI is InChI=1S/C21H27N3O3.2C2HF3O2/c1-16-4-3-5-18(22-16)12-24-15-21(26-14-20(24)25)8-10-23(11-9-21)13-19-7-6-17(2)27-19;2*3-2(4,5)1(6)7/h3-7H,8-15H2,1-2H3;2*(H,6,7). The number of furan rings is 1. The van der Waals surface area contributed by atoms with Crippen molar-refractivity contribution in [3.63, 3.8) is 0 Å². The van der Waals surface area contributed by atoms with Crippen molar-refractivity contribution >= 4 is 17.8 Å². The number of rotatable bonds is 4. The highest BCUT2D eigenvalue weighted by Gasteiger charge is 2.42. The highest BCUT2D eigenvalue weighted by molar-refractivity contribution is 5.78. The number of hydrogen-bond donors (Lipinski definition) is 2. The van der Waals surface area contributed by atoms with Gasteiger partial charge in [-0.1, -0.05) is 6.07 Å². The Balaban J connectivity index is 0.000000349. The second-order valence-corrected chi connectivity index (χ2v) is 9.39. The van der Waals surface area contributed by atoms with Gasteiger partial charge in [-0.15, -0.1) is 0 Å². The lowest BCUT2D eigenvalue weighted by molar-refractivity contribution is -0.193. The molecule has 4 rings (SSSR count).